The standard InChI is InChI=1S/C20H19ClN2O4/c21-16-4-2-1-3-15(16)19(24)22-14-7-9-23(10-8-14)20(25)13-5-6-17-18(11-13)27-12-26-17/h1-6,11,14H,7-10,12H2,(H,22,24). The molecule has 2 amide bonds. The van der Waals surface area contributed by atoms with Crippen LogP contribution >= 0.6 is 11.6 Å². The third-order valence-electron chi connectivity index (χ3n) is 4.86. The van der Waals surface area contributed by atoms with Gasteiger partial charge in [-0.15, -0.1) is 0 Å². The molecular weight excluding hydrogens is 368 g/mol. The van der Waals surface area contributed by atoms with Gasteiger partial charge in [-0.1, -0.05) is 23.7 Å². The minimum absolute atomic E-state index is 0.0228. The van der Waals surface area contributed by atoms with E-state index in [1.165, 1.54) is 0 Å². The number of fused-ring (bicyclic) bond motifs is 1. The minimum atomic E-state index is -0.179. The summed E-state index contributed by atoms with van der Waals surface area (Å²) in [6.07, 6.45) is 1.40. The smallest absolute Gasteiger partial charge is 0.253 e. The average Bonchev–Trinajstić information content (AvgIpc) is 3.16. The van der Waals surface area contributed by atoms with E-state index in [0.717, 1.165) is 0 Å². The van der Waals surface area contributed by atoms with E-state index in [1.807, 2.05) is 0 Å². The number of carbonyl (C=O) groups is 2. The number of amides is 2. The molecule has 6 nitrogen and oxygen atoms in total. The molecular formula is C20H19ClN2O4. The van der Waals surface area contributed by atoms with Gasteiger partial charge in [0.2, 0.25) is 6.79 Å². The number of nitrogens with zero attached hydrogens (tertiary/aromatic N) is 1. The quantitative estimate of drug-likeness (QED) is 0.880. The molecule has 0 bridgehead atoms. The van der Waals surface area contributed by atoms with Crippen LogP contribution in [0.25, 0.3) is 0 Å². The number of piperidine rings is 1. The van der Waals surface area contributed by atoms with E-state index in [4.69, 9.17) is 21.1 Å². The number of hydrogen-bond acceptors (Lipinski definition) is 4. The summed E-state index contributed by atoms with van der Waals surface area (Å²) in [5, 5.41) is 3.45. The number of likely N-dealkylation sites (tertiary alicyclic amines) is 1. The molecule has 0 atom stereocenters. The largest absolute Gasteiger partial charge is 0.454 e. The van der Waals surface area contributed by atoms with Crippen molar-refractivity contribution in [2.75, 3.05) is 19.9 Å². The molecule has 2 aliphatic heterocycles. The Kier molecular flexibility index (Phi) is 4.90. The van der Waals surface area contributed by atoms with E-state index >= 15 is 0 Å². The molecule has 0 unspecified atom stereocenters. The van der Waals surface area contributed by atoms with Crippen molar-refractivity contribution in [1.82, 2.24) is 10.2 Å². The maximum Gasteiger partial charge on any atom is 0.253 e. The number of rotatable bonds is 3. The molecule has 2 heterocycles. The summed E-state index contributed by atoms with van der Waals surface area (Å²) in [6, 6.07) is 12.2. The Balaban J connectivity index is 1.34. The Bertz CT molecular complexity index is 878. The molecule has 4 rings (SSSR count). The van der Waals surface area contributed by atoms with Crippen LogP contribution in [-0.4, -0.2) is 42.6 Å². The highest BCUT2D eigenvalue weighted by atomic mass is 35.5. The van der Waals surface area contributed by atoms with Gasteiger partial charge >= 0.3 is 0 Å². The Hall–Kier alpha value is -2.73. The highest BCUT2D eigenvalue weighted by Gasteiger charge is 2.26. The molecule has 1 fully saturated rings. The van der Waals surface area contributed by atoms with E-state index < -0.39 is 0 Å². The summed E-state index contributed by atoms with van der Waals surface area (Å²) in [4.78, 5) is 26.9. The van der Waals surface area contributed by atoms with Gasteiger partial charge in [-0.2, -0.15) is 0 Å². The summed E-state index contributed by atoms with van der Waals surface area (Å²) < 4.78 is 10.6. The highest BCUT2D eigenvalue weighted by Crippen LogP contribution is 2.33. The minimum Gasteiger partial charge on any atom is -0.454 e. The topological polar surface area (TPSA) is 67.9 Å². The van der Waals surface area contributed by atoms with Crippen LogP contribution in [-0.2, 0) is 0 Å². The van der Waals surface area contributed by atoms with Crippen molar-refractivity contribution >= 4 is 23.4 Å². The van der Waals surface area contributed by atoms with E-state index in [0.29, 0.717) is 53.6 Å². The predicted molar refractivity (Wildman–Crippen MR) is 100 cm³/mol. The van der Waals surface area contributed by atoms with Crippen LogP contribution < -0.4 is 14.8 Å². The van der Waals surface area contributed by atoms with Gasteiger partial charge in [0.05, 0.1) is 10.6 Å². The molecule has 0 saturated carbocycles. The molecule has 0 spiro atoms. The van der Waals surface area contributed by atoms with Crippen LogP contribution in [0.2, 0.25) is 5.02 Å². The molecule has 0 aromatic heterocycles. The van der Waals surface area contributed by atoms with Crippen LogP contribution in [0.4, 0.5) is 0 Å². The number of ether oxygens (including phenoxy) is 2. The second-order valence-corrected chi connectivity index (χ2v) is 7.00. The van der Waals surface area contributed by atoms with E-state index in [2.05, 4.69) is 5.32 Å². The lowest BCUT2D eigenvalue weighted by molar-refractivity contribution is 0.0697. The van der Waals surface area contributed by atoms with Crippen molar-refractivity contribution < 1.29 is 19.1 Å². The van der Waals surface area contributed by atoms with Crippen LogP contribution in [0.5, 0.6) is 11.5 Å². The maximum absolute atomic E-state index is 12.7. The normalized spacial score (nSPS) is 16.3. The lowest BCUT2D eigenvalue weighted by Gasteiger charge is -2.32. The van der Waals surface area contributed by atoms with Crippen LogP contribution in [0, 0.1) is 0 Å². The van der Waals surface area contributed by atoms with Crippen LogP contribution in [0.1, 0.15) is 33.6 Å². The van der Waals surface area contributed by atoms with Crippen molar-refractivity contribution in [3.8, 4) is 11.5 Å². The first-order valence-corrected chi connectivity index (χ1v) is 9.24. The van der Waals surface area contributed by atoms with E-state index in [-0.39, 0.29) is 24.6 Å². The first-order valence-electron chi connectivity index (χ1n) is 8.86. The Morgan fingerprint density at radius 2 is 1.78 bits per heavy atom. The lowest BCUT2D eigenvalue weighted by Crippen LogP contribution is -2.46. The second kappa shape index (κ2) is 7.48. The average molecular weight is 387 g/mol. The maximum atomic E-state index is 12.7. The molecule has 2 aliphatic rings. The van der Waals surface area contributed by atoms with Gasteiger partial charge < -0.3 is 19.7 Å². The second-order valence-electron chi connectivity index (χ2n) is 6.59. The zero-order chi connectivity index (χ0) is 18.8. The lowest BCUT2D eigenvalue weighted by atomic mass is 10.0. The fourth-order valence-corrected chi connectivity index (χ4v) is 3.57. The third kappa shape index (κ3) is 3.71. The van der Waals surface area contributed by atoms with Crippen molar-refractivity contribution in [2.45, 2.75) is 18.9 Å². The van der Waals surface area contributed by atoms with Gasteiger partial charge in [-0.05, 0) is 43.2 Å². The summed E-state index contributed by atoms with van der Waals surface area (Å²) in [5.74, 6) is 1.04. The molecule has 2 aromatic carbocycles. The monoisotopic (exact) mass is 386 g/mol. The Morgan fingerprint density at radius 1 is 1.04 bits per heavy atom. The molecule has 0 radical (unpaired) electrons. The van der Waals surface area contributed by atoms with Crippen LogP contribution in [0.3, 0.4) is 0 Å². The molecule has 1 N–H and O–H groups in total. The molecule has 140 valence electrons. The SMILES string of the molecule is O=C(NC1CCN(C(=O)c2ccc3c(c2)OCO3)CC1)c1ccccc1Cl. The van der Waals surface area contributed by atoms with Gasteiger partial charge in [0.15, 0.2) is 11.5 Å². The Labute approximate surface area is 162 Å². The summed E-state index contributed by atoms with van der Waals surface area (Å²) >= 11 is 6.08. The highest BCUT2D eigenvalue weighted by molar-refractivity contribution is 6.33. The number of benzene rings is 2. The summed E-state index contributed by atoms with van der Waals surface area (Å²) in [7, 11) is 0. The van der Waals surface area contributed by atoms with Gasteiger partial charge in [-0.3, -0.25) is 9.59 Å². The van der Waals surface area contributed by atoms with Gasteiger partial charge in [0, 0.05) is 24.7 Å². The number of carbonyl (C=O) groups excluding carboxylic acids is 2. The first kappa shape index (κ1) is 17.7. The summed E-state index contributed by atoms with van der Waals surface area (Å²) in [5.41, 5.74) is 1.05. The third-order valence-corrected chi connectivity index (χ3v) is 5.18. The first-order chi connectivity index (χ1) is 13.1. The number of nitrogens with one attached hydrogen (secondary N) is 1. The van der Waals surface area contributed by atoms with Gasteiger partial charge in [0.25, 0.3) is 11.8 Å². The summed E-state index contributed by atoms with van der Waals surface area (Å²) in [6.45, 7) is 1.35. The zero-order valence-corrected chi connectivity index (χ0v) is 15.4. The van der Waals surface area contributed by atoms with E-state index in [1.54, 1.807) is 47.4 Å². The molecule has 1 saturated heterocycles. The molecule has 7 heteroatoms. The number of hydrogen-bond donors (Lipinski definition) is 1. The van der Waals surface area contributed by atoms with Crippen molar-refractivity contribution in [1.29, 1.82) is 0 Å². The van der Waals surface area contributed by atoms with Gasteiger partial charge in [-0.25, -0.2) is 0 Å². The Morgan fingerprint density at radius 3 is 2.56 bits per heavy atom. The zero-order valence-electron chi connectivity index (χ0n) is 14.6. The fourth-order valence-electron chi connectivity index (χ4n) is 3.35. The van der Waals surface area contributed by atoms with Crippen molar-refractivity contribution in [3.05, 3.63) is 58.6 Å². The number of halogens is 1. The fraction of sp³-hybridized carbons (Fsp3) is 0.300. The van der Waals surface area contributed by atoms with Crippen LogP contribution in [0.15, 0.2) is 42.5 Å². The molecule has 0 aliphatic carbocycles. The molecule has 27 heavy (non-hydrogen) atoms. The van der Waals surface area contributed by atoms with Crippen molar-refractivity contribution in [3.63, 3.8) is 0 Å². The molecule has 2 aromatic rings. The predicted octanol–water partition coefficient (Wildman–Crippen LogP) is 3.10. The van der Waals surface area contributed by atoms with Crippen molar-refractivity contribution in [2.24, 2.45) is 0 Å². The van der Waals surface area contributed by atoms with E-state index in [9.17, 15) is 9.59 Å². The van der Waals surface area contributed by atoms with Gasteiger partial charge in [0.1, 0.15) is 0 Å².